The van der Waals surface area contributed by atoms with E-state index in [-0.39, 0.29) is 22.9 Å². The molecule has 9 heteroatoms. The van der Waals surface area contributed by atoms with E-state index in [0.29, 0.717) is 62.5 Å². The van der Waals surface area contributed by atoms with Crippen LogP contribution in [-0.4, -0.2) is 71.2 Å². The molecule has 1 unspecified atom stereocenters. The number of ether oxygens (including phenoxy) is 1. The summed E-state index contributed by atoms with van der Waals surface area (Å²) < 4.78 is 19.9. The first-order valence-electron chi connectivity index (χ1n) is 11.4. The summed E-state index contributed by atoms with van der Waals surface area (Å²) in [6.45, 7) is 2.62. The van der Waals surface area contributed by atoms with Gasteiger partial charge in [-0.05, 0) is 30.2 Å². The van der Waals surface area contributed by atoms with Crippen LogP contribution in [0.5, 0.6) is 0 Å². The van der Waals surface area contributed by atoms with Gasteiger partial charge in [-0.25, -0.2) is 9.49 Å². The molecule has 3 aromatic rings. The summed E-state index contributed by atoms with van der Waals surface area (Å²) in [6.07, 6.45) is 1.07. The molecule has 0 spiro atoms. The van der Waals surface area contributed by atoms with Gasteiger partial charge in [0.05, 0.1) is 29.2 Å². The number of piperazine rings is 1. The normalized spacial score (nSPS) is 18.4. The van der Waals surface area contributed by atoms with E-state index in [0.717, 1.165) is 11.8 Å². The molecule has 0 aliphatic carbocycles. The largest absolute Gasteiger partial charge is 0.381 e. The Morgan fingerprint density at radius 1 is 1.06 bits per heavy atom. The maximum atomic E-state index is 14.6. The summed E-state index contributed by atoms with van der Waals surface area (Å²) in [5.74, 6) is -1.02. The van der Waals surface area contributed by atoms with Gasteiger partial charge in [-0.2, -0.15) is 5.10 Å². The molecule has 5 rings (SSSR count). The molecule has 34 heavy (non-hydrogen) atoms. The van der Waals surface area contributed by atoms with Crippen molar-refractivity contribution in [2.45, 2.75) is 12.8 Å². The lowest BCUT2D eigenvalue weighted by atomic mass is 10.0. The van der Waals surface area contributed by atoms with Gasteiger partial charge in [-0.3, -0.25) is 14.4 Å². The Morgan fingerprint density at radius 3 is 2.53 bits per heavy atom. The van der Waals surface area contributed by atoms with Crippen LogP contribution in [0.2, 0.25) is 0 Å². The zero-order valence-corrected chi connectivity index (χ0v) is 18.6. The third-order valence-corrected chi connectivity index (χ3v) is 6.57. The number of nitrogens with zero attached hydrogens (tertiary/aromatic N) is 3. The van der Waals surface area contributed by atoms with Crippen molar-refractivity contribution in [1.29, 1.82) is 0 Å². The molecule has 2 aliphatic heterocycles. The van der Waals surface area contributed by atoms with Gasteiger partial charge >= 0.3 is 0 Å². The second kappa shape index (κ2) is 9.34. The van der Waals surface area contributed by atoms with Crippen molar-refractivity contribution in [3.63, 3.8) is 0 Å². The Kier molecular flexibility index (Phi) is 6.10. The van der Waals surface area contributed by atoms with Crippen LogP contribution in [0.15, 0.2) is 47.3 Å². The van der Waals surface area contributed by atoms with E-state index in [9.17, 15) is 18.8 Å². The summed E-state index contributed by atoms with van der Waals surface area (Å²) in [4.78, 5) is 41.1. The van der Waals surface area contributed by atoms with Crippen molar-refractivity contribution in [2.75, 3.05) is 39.4 Å². The SMILES string of the molecule is O=C(c1cc(Cc2n[nH]c(=O)c3ccccc23)ccc1F)N1CCN(C(=O)C2CCOC2)CC1. The minimum atomic E-state index is -0.588. The van der Waals surface area contributed by atoms with Gasteiger partial charge in [0.25, 0.3) is 11.5 Å². The first-order valence-corrected chi connectivity index (χ1v) is 11.4. The van der Waals surface area contributed by atoms with E-state index in [4.69, 9.17) is 4.74 Å². The number of H-pyrrole nitrogens is 1. The second-order valence-corrected chi connectivity index (χ2v) is 8.71. The minimum Gasteiger partial charge on any atom is -0.381 e. The molecule has 1 atom stereocenters. The maximum Gasteiger partial charge on any atom is 0.272 e. The van der Waals surface area contributed by atoms with Gasteiger partial charge in [0, 0.05) is 44.6 Å². The number of rotatable bonds is 4. The molecule has 2 saturated heterocycles. The maximum absolute atomic E-state index is 14.6. The molecule has 1 N–H and O–H groups in total. The van der Waals surface area contributed by atoms with E-state index in [2.05, 4.69) is 10.2 Å². The number of hydrogen-bond donors (Lipinski definition) is 1. The predicted octanol–water partition coefficient (Wildman–Crippen LogP) is 1.97. The van der Waals surface area contributed by atoms with E-state index in [1.807, 2.05) is 12.1 Å². The molecule has 0 bridgehead atoms. The fourth-order valence-corrected chi connectivity index (χ4v) is 4.63. The summed E-state index contributed by atoms with van der Waals surface area (Å²) in [7, 11) is 0. The molecule has 2 amide bonds. The predicted molar refractivity (Wildman–Crippen MR) is 123 cm³/mol. The van der Waals surface area contributed by atoms with E-state index in [1.54, 1.807) is 34.1 Å². The number of carbonyl (C=O) groups excluding carboxylic acids is 2. The molecule has 1 aromatic heterocycles. The number of fused-ring (bicyclic) bond motifs is 1. The molecule has 0 saturated carbocycles. The van der Waals surface area contributed by atoms with Crippen LogP contribution in [0.25, 0.3) is 10.8 Å². The Labute approximate surface area is 195 Å². The highest BCUT2D eigenvalue weighted by Crippen LogP contribution is 2.21. The Bertz CT molecular complexity index is 1290. The fourth-order valence-electron chi connectivity index (χ4n) is 4.63. The average Bonchev–Trinajstić information content (AvgIpc) is 3.41. The number of nitrogens with one attached hydrogen (secondary N) is 1. The average molecular weight is 464 g/mol. The van der Waals surface area contributed by atoms with Crippen LogP contribution >= 0.6 is 0 Å². The van der Waals surface area contributed by atoms with E-state index < -0.39 is 11.7 Å². The molecular formula is C25H25FN4O4. The quantitative estimate of drug-likeness (QED) is 0.637. The van der Waals surface area contributed by atoms with Crippen molar-refractivity contribution in [3.05, 3.63) is 75.5 Å². The van der Waals surface area contributed by atoms with Crippen LogP contribution in [0.4, 0.5) is 4.39 Å². The Balaban J connectivity index is 1.31. The Morgan fingerprint density at radius 2 is 1.79 bits per heavy atom. The first kappa shape index (κ1) is 22.2. The number of hydrogen-bond acceptors (Lipinski definition) is 5. The lowest BCUT2D eigenvalue weighted by Crippen LogP contribution is -2.52. The molecule has 2 aromatic carbocycles. The lowest BCUT2D eigenvalue weighted by Gasteiger charge is -2.36. The molecule has 2 fully saturated rings. The van der Waals surface area contributed by atoms with Crippen molar-refractivity contribution in [1.82, 2.24) is 20.0 Å². The number of aromatic nitrogens is 2. The number of amides is 2. The highest BCUT2D eigenvalue weighted by molar-refractivity contribution is 5.95. The van der Waals surface area contributed by atoms with Crippen molar-refractivity contribution < 1.29 is 18.7 Å². The number of carbonyl (C=O) groups is 2. The molecule has 3 heterocycles. The van der Waals surface area contributed by atoms with E-state index in [1.165, 1.54) is 6.07 Å². The number of benzene rings is 2. The third-order valence-electron chi connectivity index (χ3n) is 6.57. The zero-order valence-electron chi connectivity index (χ0n) is 18.6. The van der Waals surface area contributed by atoms with Crippen molar-refractivity contribution in [3.8, 4) is 0 Å². The van der Waals surface area contributed by atoms with Crippen LogP contribution < -0.4 is 5.56 Å². The van der Waals surface area contributed by atoms with Crippen LogP contribution in [0.3, 0.4) is 0 Å². The molecule has 176 valence electrons. The second-order valence-electron chi connectivity index (χ2n) is 8.71. The number of aromatic amines is 1. The summed E-state index contributed by atoms with van der Waals surface area (Å²) in [5, 5.41) is 7.92. The lowest BCUT2D eigenvalue weighted by molar-refractivity contribution is -0.137. The summed E-state index contributed by atoms with van der Waals surface area (Å²) in [6, 6.07) is 11.6. The minimum absolute atomic E-state index is 0.00444. The molecule has 8 nitrogen and oxygen atoms in total. The topological polar surface area (TPSA) is 95.6 Å². The van der Waals surface area contributed by atoms with Gasteiger partial charge in [0.15, 0.2) is 0 Å². The summed E-state index contributed by atoms with van der Waals surface area (Å²) in [5.41, 5.74) is 1.08. The fraction of sp³-hybridized carbons (Fsp3) is 0.360. The standard InChI is InChI=1S/C25H25FN4O4/c26-21-6-5-16(14-22-18-3-1-2-4-19(18)23(31)28-27-22)13-20(21)25(33)30-10-8-29(9-11-30)24(32)17-7-12-34-15-17/h1-6,13,17H,7-12,14-15H2,(H,28,31). The molecular weight excluding hydrogens is 439 g/mol. The van der Waals surface area contributed by atoms with Crippen molar-refractivity contribution in [2.24, 2.45) is 5.92 Å². The van der Waals surface area contributed by atoms with Gasteiger partial charge in [0.2, 0.25) is 5.91 Å². The first-order chi connectivity index (χ1) is 16.5. The highest BCUT2D eigenvalue weighted by Gasteiger charge is 2.31. The molecule has 0 radical (unpaired) electrons. The molecule has 2 aliphatic rings. The number of halogens is 1. The Hall–Kier alpha value is -3.59. The van der Waals surface area contributed by atoms with Crippen LogP contribution in [-0.2, 0) is 16.0 Å². The van der Waals surface area contributed by atoms with Gasteiger partial charge in [-0.15, -0.1) is 0 Å². The monoisotopic (exact) mass is 464 g/mol. The van der Waals surface area contributed by atoms with Crippen molar-refractivity contribution >= 4 is 22.6 Å². The van der Waals surface area contributed by atoms with Crippen LogP contribution in [0, 0.1) is 11.7 Å². The van der Waals surface area contributed by atoms with Gasteiger partial charge < -0.3 is 14.5 Å². The van der Waals surface area contributed by atoms with E-state index >= 15 is 0 Å². The van der Waals surface area contributed by atoms with Gasteiger partial charge in [-0.1, -0.05) is 24.3 Å². The van der Waals surface area contributed by atoms with Gasteiger partial charge in [0.1, 0.15) is 5.82 Å². The zero-order chi connectivity index (χ0) is 23.7. The van der Waals surface area contributed by atoms with Crippen LogP contribution in [0.1, 0.15) is 28.0 Å². The smallest absolute Gasteiger partial charge is 0.272 e. The summed E-state index contributed by atoms with van der Waals surface area (Å²) >= 11 is 0. The highest BCUT2D eigenvalue weighted by atomic mass is 19.1. The third kappa shape index (κ3) is 4.31.